The van der Waals surface area contributed by atoms with Crippen LogP contribution in [-0.4, -0.2) is 115 Å². The summed E-state index contributed by atoms with van der Waals surface area (Å²) in [6, 6.07) is 6.52. The van der Waals surface area contributed by atoms with Gasteiger partial charge in [-0.3, -0.25) is 14.4 Å². The summed E-state index contributed by atoms with van der Waals surface area (Å²) in [5.41, 5.74) is 7.11. The number of hydrogen-bond donors (Lipinski definition) is 4. The predicted octanol–water partition coefficient (Wildman–Crippen LogP) is 0.0556. The van der Waals surface area contributed by atoms with Gasteiger partial charge in [-0.05, 0) is 38.3 Å². The van der Waals surface area contributed by atoms with E-state index in [1.165, 1.54) is 0 Å². The fraction of sp³-hybridized carbons (Fsp3) is 0.607. The zero-order valence-electron chi connectivity index (χ0n) is 24.7. The molecular formula is C28H43N7O8. The highest BCUT2D eigenvalue weighted by Crippen LogP contribution is 2.14. The standard InChI is InChI=1S/C28H43N7O8/c1-21-32-34-27(35-33-21)23-7-5-22(6-8-23)20-25(36)31-24(4-2-3-10-29)28(39)30-11-13-41-15-17-43-19-18-42-16-14-40-12-9-26(37)38/h5-8,24H,2-4,9-20,29H2,1H3,(H,30,39)(H,31,36)(H,37,38). The molecule has 0 aliphatic heterocycles. The van der Waals surface area contributed by atoms with E-state index < -0.39 is 12.0 Å². The molecule has 43 heavy (non-hydrogen) atoms. The van der Waals surface area contributed by atoms with Gasteiger partial charge in [0, 0.05) is 12.1 Å². The quantitative estimate of drug-likeness (QED) is 0.117. The fourth-order valence-corrected chi connectivity index (χ4v) is 3.65. The van der Waals surface area contributed by atoms with Crippen molar-refractivity contribution in [2.75, 3.05) is 65.9 Å². The van der Waals surface area contributed by atoms with Crippen molar-refractivity contribution in [3.8, 4) is 11.4 Å². The van der Waals surface area contributed by atoms with Crippen molar-refractivity contribution < 1.29 is 38.4 Å². The van der Waals surface area contributed by atoms with Crippen molar-refractivity contribution in [1.82, 2.24) is 31.0 Å². The van der Waals surface area contributed by atoms with Gasteiger partial charge in [-0.1, -0.05) is 24.3 Å². The predicted molar refractivity (Wildman–Crippen MR) is 155 cm³/mol. The molecule has 0 radical (unpaired) electrons. The number of carboxylic acid groups (broad SMARTS) is 1. The number of nitrogens with two attached hydrogens (primary N) is 1. The summed E-state index contributed by atoms with van der Waals surface area (Å²) >= 11 is 0. The zero-order valence-corrected chi connectivity index (χ0v) is 24.7. The summed E-state index contributed by atoms with van der Waals surface area (Å²) in [5.74, 6) is -0.558. The number of aromatic nitrogens is 4. The van der Waals surface area contributed by atoms with Gasteiger partial charge in [-0.25, -0.2) is 0 Å². The van der Waals surface area contributed by atoms with Crippen LogP contribution in [0.2, 0.25) is 0 Å². The number of aryl methyl sites for hydroxylation is 1. The third-order valence-electron chi connectivity index (χ3n) is 5.88. The van der Waals surface area contributed by atoms with Crippen LogP contribution in [0.3, 0.4) is 0 Å². The van der Waals surface area contributed by atoms with Gasteiger partial charge in [0.2, 0.25) is 17.6 Å². The summed E-state index contributed by atoms with van der Waals surface area (Å²) in [7, 11) is 0. The van der Waals surface area contributed by atoms with Gasteiger partial charge in [0.1, 0.15) is 6.04 Å². The summed E-state index contributed by atoms with van der Waals surface area (Å²) in [4.78, 5) is 35.9. The first-order valence-corrected chi connectivity index (χ1v) is 14.3. The number of benzene rings is 1. The van der Waals surface area contributed by atoms with Crippen molar-refractivity contribution in [1.29, 1.82) is 0 Å². The molecule has 1 unspecified atom stereocenters. The Balaban J connectivity index is 1.61. The number of carbonyl (C=O) groups excluding carboxylic acids is 2. The van der Waals surface area contributed by atoms with Crippen LogP contribution in [0.4, 0.5) is 0 Å². The van der Waals surface area contributed by atoms with Gasteiger partial charge in [0.15, 0.2) is 5.82 Å². The molecule has 0 fully saturated rings. The van der Waals surface area contributed by atoms with E-state index in [-0.39, 0.29) is 31.3 Å². The zero-order chi connectivity index (χ0) is 31.1. The van der Waals surface area contributed by atoms with Gasteiger partial charge in [-0.2, -0.15) is 0 Å². The van der Waals surface area contributed by atoms with Crippen molar-refractivity contribution in [3.63, 3.8) is 0 Å². The van der Waals surface area contributed by atoms with Crippen LogP contribution in [0.1, 0.15) is 37.1 Å². The minimum Gasteiger partial charge on any atom is -0.481 e. The number of ether oxygens (including phenoxy) is 4. The molecule has 0 bridgehead atoms. The normalized spacial score (nSPS) is 11.7. The lowest BCUT2D eigenvalue weighted by atomic mass is 10.1. The van der Waals surface area contributed by atoms with Crippen LogP contribution in [0.25, 0.3) is 11.4 Å². The highest BCUT2D eigenvalue weighted by Gasteiger charge is 2.20. The molecule has 2 aromatic rings. The molecule has 1 atom stereocenters. The molecule has 5 N–H and O–H groups in total. The first-order valence-electron chi connectivity index (χ1n) is 14.3. The molecule has 0 saturated carbocycles. The molecule has 0 aliphatic carbocycles. The average molecular weight is 606 g/mol. The van der Waals surface area contributed by atoms with Crippen molar-refractivity contribution >= 4 is 17.8 Å². The first-order chi connectivity index (χ1) is 20.9. The summed E-state index contributed by atoms with van der Waals surface area (Å²) < 4.78 is 21.3. The topological polar surface area (TPSA) is 210 Å². The van der Waals surface area contributed by atoms with E-state index in [1.54, 1.807) is 31.2 Å². The molecule has 0 aliphatic rings. The number of carboxylic acids is 1. The Kier molecular flexibility index (Phi) is 18.2. The van der Waals surface area contributed by atoms with Crippen LogP contribution in [0.5, 0.6) is 0 Å². The highest BCUT2D eigenvalue weighted by molar-refractivity contribution is 5.88. The van der Waals surface area contributed by atoms with Crippen LogP contribution in [0, 0.1) is 6.92 Å². The maximum Gasteiger partial charge on any atom is 0.305 e. The Bertz CT molecular complexity index is 1070. The minimum absolute atomic E-state index is 0.0294. The number of nitrogens with zero attached hydrogens (tertiary/aromatic N) is 4. The lowest BCUT2D eigenvalue weighted by Gasteiger charge is -2.18. The second kappa shape index (κ2) is 22.0. The van der Waals surface area contributed by atoms with Crippen molar-refractivity contribution in [2.45, 2.75) is 45.1 Å². The van der Waals surface area contributed by atoms with E-state index in [9.17, 15) is 14.4 Å². The molecule has 1 aromatic heterocycles. The lowest BCUT2D eigenvalue weighted by Crippen LogP contribution is -2.48. The summed E-state index contributed by atoms with van der Waals surface area (Å²) in [6.45, 7) is 5.16. The van der Waals surface area contributed by atoms with Crippen LogP contribution in [-0.2, 0) is 39.8 Å². The number of nitrogens with one attached hydrogen (secondary N) is 2. The number of carbonyl (C=O) groups is 3. The maximum atomic E-state index is 12.8. The van der Waals surface area contributed by atoms with Crippen LogP contribution in [0.15, 0.2) is 24.3 Å². The maximum absolute atomic E-state index is 12.8. The Morgan fingerprint density at radius 1 is 0.837 bits per heavy atom. The van der Waals surface area contributed by atoms with E-state index in [2.05, 4.69) is 31.0 Å². The molecular weight excluding hydrogens is 562 g/mol. The number of aliphatic carboxylic acids is 1. The van der Waals surface area contributed by atoms with Gasteiger partial charge in [0.25, 0.3) is 0 Å². The van der Waals surface area contributed by atoms with Crippen molar-refractivity contribution in [3.05, 3.63) is 35.7 Å². The second-order valence-electron chi connectivity index (χ2n) is 9.43. The van der Waals surface area contributed by atoms with Crippen LogP contribution < -0.4 is 16.4 Å². The van der Waals surface area contributed by atoms with Crippen molar-refractivity contribution in [2.24, 2.45) is 5.73 Å². The van der Waals surface area contributed by atoms with E-state index in [0.717, 1.165) is 17.5 Å². The summed E-state index contributed by atoms with van der Waals surface area (Å²) in [5, 5.41) is 30.0. The SMILES string of the molecule is Cc1nnc(-c2ccc(CC(=O)NC(CCCCN)C(=O)NCCOCCOCCOCCOCCC(=O)O)cc2)nn1. The van der Waals surface area contributed by atoms with E-state index in [0.29, 0.717) is 83.8 Å². The molecule has 1 heterocycles. The Labute approximate surface area is 251 Å². The largest absolute Gasteiger partial charge is 0.481 e. The number of unbranched alkanes of at least 4 members (excludes halogenated alkanes) is 1. The smallest absolute Gasteiger partial charge is 0.305 e. The molecule has 2 rings (SSSR count). The van der Waals surface area contributed by atoms with E-state index in [1.807, 2.05) is 0 Å². The van der Waals surface area contributed by atoms with Gasteiger partial charge in [0.05, 0.1) is 65.7 Å². The molecule has 0 saturated heterocycles. The summed E-state index contributed by atoms with van der Waals surface area (Å²) in [6.07, 6.45) is 2.01. The number of hydrogen-bond acceptors (Lipinski definition) is 12. The first kappa shape index (κ1) is 35.6. The monoisotopic (exact) mass is 605 g/mol. The molecule has 238 valence electrons. The Hall–Kier alpha value is -3.63. The van der Waals surface area contributed by atoms with E-state index >= 15 is 0 Å². The third-order valence-corrected chi connectivity index (χ3v) is 5.88. The highest BCUT2D eigenvalue weighted by atomic mass is 16.6. The average Bonchev–Trinajstić information content (AvgIpc) is 2.99. The molecule has 0 spiro atoms. The van der Waals surface area contributed by atoms with Gasteiger partial charge < -0.3 is 40.4 Å². The number of rotatable bonds is 24. The Morgan fingerprint density at radius 3 is 2.00 bits per heavy atom. The Morgan fingerprint density at radius 2 is 1.42 bits per heavy atom. The number of amides is 2. The third kappa shape index (κ3) is 16.6. The molecule has 2 amide bonds. The fourth-order valence-electron chi connectivity index (χ4n) is 3.65. The minimum atomic E-state index is -0.896. The lowest BCUT2D eigenvalue weighted by molar-refractivity contribution is -0.138. The van der Waals surface area contributed by atoms with Crippen LogP contribution >= 0.6 is 0 Å². The molecule has 15 heteroatoms. The second-order valence-corrected chi connectivity index (χ2v) is 9.43. The van der Waals surface area contributed by atoms with Gasteiger partial charge >= 0.3 is 5.97 Å². The molecule has 15 nitrogen and oxygen atoms in total. The van der Waals surface area contributed by atoms with E-state index in [4.69, 9.17) is 29.8 Å². The molecule has 1 aromatic carbocycles. The van der Waals surface area contributed by atoms with Gasteiger partial charge in [-0.15, -0.1) is 20.4 Å².